The molecular formula is C142H104N6. The molecule has 0 fully saturated rings. The lowest BCUT2D eigenvalue weighted by Gasteiger charge is -2.27. The topological polar surface area (TPSA) is 19.4 Å². The van der Waals surface area contributed by atoms with E-state index in [4.69, 9.17) is 0 Å². The van der Waals surface area contributed by atoms with Crippen LogP contribution in [0.2, 0.25) is 0 Å². The van der Waals surface area contributed by atoms with Crippen molar-refractivity contribution in [3.8, 4) is 100 Å². The van der Waals surface area contributed by atoms with Gasteiger partial charge in [0.25, 0.3) is 0 Å². The van der Waals surface area contributed by atoms with Gasteiger partial charge in [-0.2, -0.15) is 0 Å². The highest BCUT2D eigenvalue weighted by atomic mass is 15.2. The van der Waals surface area contributed by atoms with Crippen LogP contribution in [-0.2, 0) is 0 Å². The molecule has 0 radical (unpaired) electrons. The fraction of sp³-hybridized carbons (Fsp3) is 0. The predicted octanol–water partition coefficient (Wildman–Crippen LogP) is 40.3. The third-order valence-electron chi connectivity index (χ3n) is 27.6. The van der Waals surface area contributed by atoms with Crippen LogP contribution < -0.4 is 29.4 Å². The third kappa shape index (κ3) is 20.5. The van der Waals surface area contributed by atoms with Gasteiger partial charge in [0.05, 0.1) is 5.69 Å². The zero-order valence-corrected chi connectivity index (χ0v) is 81.7. The van der Waals surface area contributed by atoms with E-state index in [2.05, 4.69) is 660 Å². The number of hydrogen-bond acceptors (Lipinski definition) is 6. The summed E-state index contributed by atoms with van der Waals surface area (Å²) in [6, 6.07) is 226. The van der Waals surface area contributed by atoms with Crippen LogP contribution in [0.25, 0.3) is 111 Å². The first kappa shape index (κ1) is 92.1. The summed E-state index contributed by atoms with van der Waals surface area (Å²) in [6.45, 7) is 0. The molecule has 0 heterocycles. The van der Waals surface area contributed by atoms with Crippen molar-refractivity contribution in [1.29, 1.82) is 0 Å². The molecule has 0 unspecified atom stereocenters. The molecule has 0 aliphatic rings. The molecule has 0 aliphatic carbocycles. The number of para-hydroxylation sites is 8. The van der Waals surface area contributed by atoms with E-state index in [0.29, 0.717) is 0 Å². The van der Waals surface area contributed by atoms with Gasteiger partial charge >= 0.3 is 0 Å². The number of rotatable bonds is 27. The van der Waals surface area contributed by atoms with Crippen LogP contribution >= 0.6 is 0 Å². The lowest BCUT2D eigenvalue weighted by molar-refractivity contribution is 1.28. The third-order valence-corrected chi connectivity index (χ3v) is 27.6. The predicted molar refractivity (Wildman–Crippen MR) is 627 cm³/mol. The van der Waals surface area contributed by atoms with Crippen LogP contribution in [0.15, 0.2) is 631 Å². The minimum absolute atomic E-state index is 1.08. The van der Waals surface area contributed by atoms with Gasteiger partial charge in [-0.1, -0.05) is 419 Å². The second-order valence-electron chi connectivity index (χ2n) is 36.8. The quantitative estimate of drug-likeness (QED) is 0.0507. The van der Waals surface area contributed by atoms with Gasteiger partial charge in [-0.25, -0.2) is 0 Å². The molecule has 702 valence electrons. The molecule has 24 aromatic rings. The Hall–Kier alpha value is -19.7. The van der Waals surface area contributed by atoms with E-state index in [1.807, 2.05) is 0 Å². The van der Waals surface area contributed by atoms with Crippen molar-refractivity contribution >= 4 is 113 Å². The second kappa shape index (κ2) is 43.4. The summed E-state index contributed by atoms with van der Waals surface area (Å²) in [5.41, 5.74) is 41.2. The van der Waals surface area contributed by atoms with Crippen molar-refractivity contribution < 1.29 is 0 Å². The molecule has 24 aromatic carbocycles. The Bertz CT molecular complexity index is 8110. The SMILES string of the molecule is c1ccc(-c2ccc(N(c3ccc(-c4ccc(-c5ccc(N(c6ccccc6)c6ccccc6)cc5)cc4)cc3)c3ccc(-c4ccc(-c5ccc(N(c6ccccc6)c6ccccc6)cc5)cc4)cc3)cc2)cc1.c1ccc(N(c2ccccc2)c2ccc(-c3ccc(-c4ccc(N(c5ccccc5)c5ccc(-c6ccc(-c7ccc(N(c8ccccc8)c8cccc9ccccc89)cc7)cc6)cc5)cc4)cc3)cc2)cc1. The highest BCUT2D eigenvalue weighted by Crippen LogP contribution is 2.47. The van der Waals surface area contributed by atoms with E-state index in [1.165, 1.54) is 99.8 Å². The largest absolute Gasteiger partial charge is 0.311 e. The van der Waals surface area contributed by atoms with Gasteiger partial charge < -0.3 is 29.4 Å². The number of fused-ring (bicyclic) bond motifs is 1. The standard InChI is InChI=1S/C72H53N3.C70H51N3/c1-6-16-54(17-7-1)59-34-44-70(45-35-59)75(71-50-40-62(41-51-71)57-30-26-55(27-31-57)60-36-46-68(47-37-60)73(64-18-8-2-9-19-64)65-20-10-3-11-21-65)72-52-42-63(43-53-72)58-32-28-56(29-33-58)61-38-48-69(49-39-61)74(66-22-12-4-13-23-66)67-24-14-5-15-25-67;1-5-18-61(19-6-1)71(62-20-7-2-8-21-62)65-44-36-56(37-45-65)52-28-30-53(31-29-52)57-38-46-66(47-39-57)72(63-22-9-3-10-23-63)67-48-40-58(41-49-67)54-32-34-55(35-33-54)59-42-50-68(51-43-59)73(64-24-11-4-12-25-64)70-27-15-17-60-16-13-14-26-69(60)70/h1-53H;1-51H. The van der Waals surface area contributed by atoms with E-state index in [1.54, 1.807) is 0 Å². The second-order valence-corrected chi connectivity index (χ2v) is 36.8. The van der Waals surface area contributed by atoms with E-state index in [9.17, 15) is 0 Å². The van der Waals surface area contributed by atoms with Crippen LogP contribution in [-0.4, -0.2) is 0 Å². The summed E-state index contributed by atoms with van der Waals surface area (Å²) in [4.78, 5) is 13.9. The molecule has 0 aliphatic heterocycles. The maximum absolute atomic E-state index is 2.35. The Balaban J connectivity index is 0.000000163. The van der Waals surface area contributed by atoms with Gasteiger partial charge in [0.15, 0.2) is 0 Å². The summed E-state index contributed by atoms with van der Waals surface area (Å²) in [5.74, 6) is 0. The first-order valence-electron chi connectivity index (χ1n) is 50.5. The maximum atomic E-state index is 2.35. The summed E-state index contributed by atoms with van der Waals surface area (Å²) in [7, 11) is 0. The normalized spacial score (nSPS) is 11.0. The number of hydrogen-bond donors (Lipinski definition) is 0. The molecule has 0 N–H and O–H groups in total. The van der Waals surface area contributed by atoms with Gasteiger partial charge in [0, 0.05) is 102 Å². The maximum Gasteiger partial charge on any atom is 0.0540 e. The molecular weight excluding hydrogens is 1790 g/mol. The molecule has 0 bridgehead atoms. The van der Waals surface area contributed by atoms with Crippen molar-refractivity contribution in [2.24, 2.45) is 0 Å². The minimum atomic E-state index is 1.08. The average Bonchev–Trinajstić information content (AvgIpc) is 0.778. The molecule has 0 amide bonds. The fourth-order valence-corrected chi connectivity index (χ4v) is 20.0. The highest BCUT2D eigenvalue weighted by molar-refractivity contribution is 6.00. The van der Waals surface area contributed by atoms with Gasteiger partial charge in [-0.3, -0.25) is 0 Å². The van der Waals surface area contributed by atoms with Gasteiger partial charge in [0.1, 0.15) is 0 Å². The number of nitrogens with zero attached hydrogens (tertiary/aromatic N) is 6. The highest BCUT2D eigenvalue weighted by Gasteiger charge is 2.23. The average molecular weight is 1890 g/mol. The lowest BCUT2D eigenvalue weighted by Crippen LogP contribution is -2.10. The smallest absolute Gasteiger partial charge is 0.0540 e. The summed E-state index contributed by atoms with van der Waals surface area (Å²) < 4.78 is 0. The van der Waals surface area contributed by atoms with Crippen LogP contribution in [0.3, 0.4) is 0 Å². The van der Waals surface area contributed by atoms with Crippen LogP contribution in [0.5, 0.6) is 0 Å². The van der Waals surface area contributed by atoms with Gasteiger partial charge in [-0.15, -0.1) is 0 Å². The molecule has 0 saturated heterocycles. The van der Waals surface area contributed by atoms with Crippen molar-refractivity contribution in [3.63, 3.8) is 0 Å². The Labute approximate surface area is 867 Å². The molecule has 0 spiro atoms. The first-order valence-corrected chi connectivity index (χ1v) is 50.5. The van der Waals surface area contributed by atoms with Crippen molar-refractivity contribution in [2.75, 3.05) is 29.4 Å². The molecule has 6 heteroatoms. The fourth-order valence-electron chi connectivity index (χ4n) is 20.0. The van der Waals surface area contributed by atoms with Crippen molar-refractivity contribution in [3.05, 3.63) is 631 Å². The molecule has 6 nitrogen and oxygen atoms in total. The molecule has 0 atom stereocenters. The zero-order valence-electron chi connectivity index (χ0n) is 81.7. The van der Waals surface area contributed by atoms with Crippen LogP contribution in [0, 0.1) is 0 Å². The molecule has 0 saturated carbocycles. The van der Waals surface area contributed by atoms with Crippen LogP contribution in [0.4, 0.5) is 102 Å². The summed E-state index contributed by atoms with van der Waals surface area (Å²) in [5, 5.41) is 2.44. The number of benzene rings is 24. The Kier molecular flexibility index (Phi) is 27.0. The summed E-state index contributed by atoms with van der Waals surface area (Å²) >= 11 is 0. The minimum Gasteiger partial charge on any atom is -0.311 e. The molecule has 0 aromatic heterocycles. The lowest BCUT2D eigenvalue weighted by atomic mass is 9.99. The zero-order chi connectivity index (χ0) is 98.9. The van der Waals surface area contributed by atoms with E-state index in [0.717, 1.165) is 113 Å². The van der Waals surface area contributed by atoms with Gasteiger partial charge in [-0.05, 0) is 318 Å². The van der Waals surface area contributed by atoms with Crippen LogP contribution in [0.1, 0.15) is 0 Å². The van der Waals surface area contributed by atoms with Crippen molar-refractivity contribution in [2.45, 2.75) is 0 Å². The Morgan fingerprint density at radius 3 is 0.365 bits per heavy atom. The van der Waals surface area contributed by atoms with Gasteiger partial charge in [0.2, 0.25) is 0 Å². The molecule has 24 rings (SSSR count). The van der Waals surface area contributed by atoms with E-state index >= 15 is 0 Å². The number of anilines is 18. The monoisotopic (exact) mass is 1890 g/mol. The Morgan fingerprint density at radius 2 is 0.189 bits per heavy atom. The summed E-state index contributed by atoms with van der Waals surface area (Å²) in [6.07, 6.45) is 0. The van der Waals surface area contributed by atoms with E-state index in [-0.39, 0.29) is 0 Å². The Morgan fingerprint density at radius 1 is 0.0743 bits per heavy atom. The van der Waals surface area contributed by atoms with E-state index < -0.39 is 0 Å². The first-order chi connectivity index (χ1) is 73.4. The van der Waals surface area contributed by atoms with Crippen molar-refractivity contribution in [1.82, 2.24) is 0 Å². The molecule has 148 heavy (non-hydrogen) atoms.